The summed E-state index contributed by atoms with van der Waals surface area (Å²) in [4.78, 5) is 16.9. The highest BCUT2D eigenvalue weighted by Gasteiger charge is 2.14. The van der Waals surface area contributed by atoms with Crippen molar-refractivity contribution in [2.24, 2.45) is 0 Å². The third-order valence-electron chi connectivity index (χ3n) is 3.88. The lowest BCUT2D eigenvalue weighted by molar-refractivity contribution is 0.0839. The van der Waals surface area contributed by atoms with Gasteiger partial charge in [-0.15, -0.1) is 0 Å². The van der Waals surface area contributed by atoms with Gasteiger partial charge < -0.3 is 4.74 Å². The van der Waals surface area contributed by atoms with E-state index < -0.39 is 0 Å². The first-order chi connectivity index (χ1) is 10.6. The maximum atomic E-state index is 12.5. The highest BCUT2D eigenvalue weighted by Crippen LogP contribution is 2.21. The standard InChI is InChI=1S/C18H18N2O2/c1-12-7-6-10-17(13(12)2)22-11-18(21)20-14(3)19-15-8-4-5-9-16(15)20/h4-10H,11H2,1-3H3. The second kappa shape index (κ2) is 5.64. The van der Waals surface area contributed by atoms with Gasteiger partial charge in [0.05, 0.1) is 11.0 Å². The van der Waals surface area contributed by atoms with Crippen molar-refractivity contribution >= 4 is 16.9 Å². The van der Waals surface area contributed by atoms with E-state index in [1.165, 1.54) is 0 Å². The zero-order valence-corrected chi connectivity index (χ0v) is 13.0. The van der Waals surface area contributed by atoms with Crippen LogP contribution < -0.4 is 4.74 Å². The number of nitrogens with zero attached hydrogens (tertiary/aromatic N) is 2. The number of fused-ring (bicyclic) bond motifs is 1. The Morgan fingerprint density at radius 2 is 1.86 bits per heavy atom. The molecule has 22 heavy (non-hydrogen) atoms. The van der Waals surface area contributed by atoms with Gasteiger partial charge in [0.15, 0.2) is 6.61 Å². The minimum atomic E-state index is -0.118. The maximum absolute atomic E-state index is 12.5. The van der Waals surface area contributed by atoms with Crippen molar-refractivity contribution in [2.45, 2.75) is 20.8 Å². The Kier molecular flexibility index (Phi) is 3.67. The maximum Gasteiger partial charge on any atom is 0.270 e. The molecule has 0 bridgehead atoms. The lowest BCUT2D eigenvalue weighted by atomic mass is 10.1. The van der Waals surface area contributed by atoms with Gasteiger partial charge in [-0.3, -0.25) is 9.36 Å². The number of imidazole rings is 1. The number of benzene rings is 2. The molecule has 0 spiro atoms. The number of carbonyl (C=O) groups is 1. The summed E-state index contributed by atoms with van der Waals surface area (Å²) in [6.07, 6.45) is 0. The number of hydrogen-bond donors (Lipinski definition) is 0. The van der Waals surface area contributed by atoms with Crippen LogP contribution in [0.4, 0.5) is 0 Å². The first kappa shape index (κ1) is 14.3. The monoisotopic (exact) mass is 294 g/mol. The molecule has 3 rings (SSSR count). The van der Waals surface area contributed by atoms with Crippen LogP contribution >= 0.6 is 0 Å². The third kappa shape index (κ3) is 2.48. The molecule has 112 valence electrons. The van der Waals surface area contributed by atoms with Gasteiger partial charge in [0, 0.05) is 0 Å². The van der Waals surface area contributed by atoms with Crippen LogP contribution in [-0.4, -0.2) is 22.1 Å². The quantitative estimate of drug-likeness (QED) is 0.740. The van der Waals surface area contributed by atoms with Crippen LogP contribution in [0.25, 0.3) is 11.0 Å². The zero-order valence-electron chi connectivity index (χ0n) is 13.0. The first-order valence-electron chi connectivity index (χ1n) is 7.24. The summed E-state index contributed by atoms with van der Waals surface area (Å²) in [5.41, 5.74) is 3.84. The fraction of sp³-hybridized carbons (Fsp3) is 0.222. The Morgan fingerprint density at radius 3 is 2.68 bits per heavy atom. The van der Waals surface area contributed by atoms with Crippen LogP contribution in [0.15, 0.2) is 42.5 Å². The molecule has 0 unspecified atom stereocenters. The van der Waals surface area contributed by atoms with Crippen molar-refractivity contribution in [2.75, 3.05) is 6.61 Å². The molecule has 0 aliphatic rings. The minimum absolute atomic E-state index is 0.00844. The predicted octanol–water partition coefficient (Wildman–Crippen LogP) is 3.68. The fourth-order valence-electron chi connectivity index (χ4n) is 2.55. The molecule has 0 radical (unpaired) electrons. The Labute approximate surface area is 129 Å². The molecule has 0 amide bonds. The molecule has 0 fully saturated rings. The van der Waals surface area contributed by atoms with E-state index in [0.29, 0.717) is 5.82 Å². The molecule has 0 N–H and O–H groups in total. The molecular weight excluding hydrogens is 276 g/mol. The molecule has 0 saturated heterocycles. The van der Waals surface area contributed by atoms with Crippen LogP contribution in [0.3, 0.4) is 0 Å². The van der Waals surface area contributed by atoms with Crippen molar-refractivity contribution < 1.29 is 9.53 Å². The number of hydrogen-bond acceptors (Lipinski definition) is 3. The summed E-state index contributed by atoms with van der Waals surface area (Å²) in [6, 6.07) is 13.4. The summed E-state index contributed by atoms with van der Waals surface area (Å²) in [5.74, 6) is 1.30. The van der Waals surface area contributed by atoms with Crippen molar-refractivity contribution in [3.05, 3.63) is 59.4 Å². The number of rotatable bonds is 3. The van der Waals surface area contributed by atoms with Crippen molar-refractivity contribution in [1.82, 2.24) is 9.55 Å². The summed E-state index contributed by atoms with van der Waals surface area (Å²) < 4.78 is 7.32. The predicted molar refractivity (Wildman–Crippen MR) is 86.5 cm³/mol. The summed E-state index contributed by atoms with van der Waals surface area (Å²) in [7, 11) is 0. The van der Waals surface area contributed by atoms with Gasteiger partial charge in [-0.25, -0.2) is 4.98 Å². The largest absolute Gasteiger partial charge is 0.483 e. The minimum Gasteiger partial charge on any atom is -0.483 e. The van der Waals surface area contributed by atoms with Crippen LogP contribution in [0.2, 0.25) is 0 Å². The molecule has 2 aromatic carbocycles. The average Bonchev–Trinajstić information content (AvgIpc) is 2.84. The molecule has 4 heteroatoms. The molecule has 0 aliphatic heterocycles. The summed E-state index contributed by atoms with van der Waals surface area (Å²) in [6.45, 7) is 5.84. The second-order valence-electron chi connectivity index (χ2n) is 5.36. The van der Waals surface area contributed by atoms with Gasteiger partial charge in [0.1, 0.15) is 11.6 Å². The van der Waals surface area contributed by atoms with Crippen molar-refractivity contribution in [3.63, 3.8) is 0 Å². The van der Waals surface area contributed by atoms with Gasteiger partial charge in [0.2, 0.25) is 0 Å². The highest BCUT2D eigenvalue weighted by atomic mass is 16.5. The summed E-state index contributed by atoms with van der Waals surface area (Å²) in [5, 5.41) is 0. The van der Waals surface area contributed by atoms with Gasteiger partial charge in [-0.2, -0.15) is 0 Å². The van der Waals surface area contributed by atoms with Gasteiger partial charge in [-0.1, -0.05) is 24.3 Å². The van der Waals surface area contributed by atoms with Crippen molar-refractivity contribution in [1.29, 1.82) is 0 Å². The van der Waals surface area contributed by atoms with Gasteiger partial charge >= 0.3 is 0 Å². The lowest BCUT2D eigenvalue weighted by Crippen LogP contribution is -2.20. The van der Waals surface area contributed by atoms with E-state index in [-0.39, 0.29) is 12.5 Å². The van der Waals surface area contributed by atoms with E-state index in [1.807, 2.05) is 63.2 Å². The van der Waals surface area contributed by atoms with E-state index >= 15 is 0 Å². The molecule has 0 aliphatic carbocycles. The van der Waals surface area contributed by atoms with Gasteiger partial charge in [-0.05, 0) is 50.1 Å². The highest BCUT2D eigenvalue weighted by molar-refractivity contribution is 5.91. The van der Waals surface area contributed by atoms with Crippen LogP contribution in [0, 0.1) is 20.8 Å². The van der Waals surface area contributed by atoms with E-state index in [9.17, 15) is 4.79 Å². The molecule has 1 aromatic heterocycles. The topological polar surface area (TPSA) is 44.1 Å². The molecule has 0 atom stereocenters. The second-order valence-corrected chi connectivity index (χ2v) is 5.36. The molecule has 1 heterocycles. The number of aromatic nitrogens is 2. The van der Waals surface area contributed by atoms with E-state index in [4.69, 9.17) is 4.74 Å². The Balaban J connectivity index is 1.85. The van der Waals surface area contributed by atoms with E-state index in [0.717, 1.165) is 27.9 Å². The van der Waals surface area contributed by atoms with E-state index in [2.05, 4.69) is 4.98 Å². The van der Waals surface area contributed by atoms with E-state index in [1.54, 1.807) is 4.57 Å². The first-order valence-corrected chi connectivity index (χ1v) is 7.24. The Bertz CT molecular complexity index is 849. The molecule has 4 nitrogen and oxygen atoms in total. The number of para-hydroxylation sites is 2. The smallest absolute Gasteiger partial charge is 0.270 e. The van der Waals surface area contributed by atoms with Crippen LogP contribution in [0.5, 0.6) is 5.75 Å². The third-order valence-corrected chi connectivity index (χ3v) is 3.88. The van der Waals surface area contributed by atoms with Crippen LogP contribution in [-0.2, 0) is 0 Å². The lowest BCUT2D eigenvalue weighted by Gasteiger charge is -2.11. The average molecular weight is 294 g/mol. The Morgan fingerprint density at radius 1 is 1.09 bits per heavy atom. The number of ether oxygens (including phenoxy) is 1. The normalized spacial score (nSPS) is 10.9. The van der Waals surface area contributed by atoms with Crippen molar-refractivity contribution in [3.8, 4) is 5.75 Å². The molecule has 3 aromatic rings. The zero-order chi connectivity index (χ0) is 15.7. The Hall–Kier alpha value is -2.62. The van der Waals surface area contributed by atoms with Crippen LogP contribution in [0.1, 0.15) is 21.7 Å². The SMILES string of the molecule is Cc1cccc(OCC(=O)n2c(C)nc3ccccc32)c1C. The molecule has 0 saturated carbocycles. The summed E-state index contributed by atoms with van der Waals surface area (Å²) >= 11 is 0. The number of aryl methyl sites for hydroxylation is 2. The number of carbonyl (C=O) groups excluding carboxylic acids is 1. The fourth-order valence-corrected chi connectivity index (χ4v) is 2.55. The van der Waals surface area contributed by atoms with Gasteiger partial charge in [0.25, 0.3) is 5.91 Å². The molecular formula is C18H18N2O2.